The molecule has 4 rings (SSSR count). The first-order chi connectivity index (χ1) is 14.1. The molecule has 0 spiro atoms. The molecule has 0 radical (unpaired) electrons. The molecule has 0 unspecified atom stereocenters. The molecule has 29 heavy (non-hydrogen) atoms. The molecular formula is C23H23N3O3. The lowest BCUT2D eigenvalue weighted by Crippen LogP contribution is -2.14. The fourth-order valence-electron chi connectivity index (χ4n) is 3.07. The Morgan fingerprint density at radius 2 is 1.79 bits per heavy atom. The zero-order valence-corrected chi connectivity index (χ0v) is 16.4. The second-order valence-corrected chi connectivity index (χ2v) is 7.20. The third-order valence-corrected chi connectivity index (χ3v) is 4.76. The maximum atomic E-state index is 12.6. The number of nitrogens with zero attached hydrogens (tertiary/aromatic N) is 1. The smallest absolute Gasteiger partial charge is 0.274 e. The van der Waals surface area contributed by atoms with E-state index in [2.05, 4.69) is 29.5 Å². The minimum absolute atomic E-state index is 0.242. The topological polar surface area (TPSA) is 72.5 Å². The van der Waals surface area contributed by atoms with Gasteiger partial charge in [-0.25, -0.2) is 0 Å². The van der Waals surface area contributed by atoms with Gasteiger partial charge >= 0.3 is 0 Å². The van der Waals surface area contributed by atoms with Gasteiger partial charge in [0, 0.05) is 24.1 Å². The molecule has 0 bridgehead atoms. The van der Waals surface area contributed by atoms with E-state index >= 15 is 0 Å². The van der Waals surface area contributed by atoms with Gasteiger partial charge in [-0.3, -0.25) is 9.78 Å². The number of ether oxygens (including phenoxy) is 2. The van der Waals surface area contributed by atoms with Crippen LogP contribution in [0.25, 0.3) is 0 Å². The number of pyridine rings is 1. The van der Waals surface area contributed by atoms with Gasteiger partial charge in [0.2, 0.25) is 6.79 Å². The van der Waals surface area contributed by atoms with Crippen molar-refractivity contribution in [1.82, 2.24) is 4.98 Å². The van der Waals surface area contributed by atoms with Gasteiger partial charge in [-0.1, -0.05) is 32.0 Å². The lowest BCUT2D eigenvalue weighted by molar-refractivity contribution is 0.102. The summed E-state index contributed by atoms with van der Waals surface area (Å²) in [5.41, 5.74) is 4.21. The molecular weight excluding hydrogens is 366 g/mol. The van der Waals surface area contributed by atoms with Gasteiger partial charge in [0.05, 0.1) is 0 Å². The van der Waals surface area contributed by atoms with Crippen molar-refractivity contribution in [3.63, 3.8) is 0 Å². The Morgan fingerprint density at radius 1 is 1.00 bits per heavy atom. The maximum Gasteiger partial charge on any atom is 0.274 e. The van der Waals surface area contributed by atoms with Crippen molar-refractivity contribution >= 4 is 17.3 Å². The van der Waals surface area contributed by atoms with Gasteiger partial charge in [0.25, 0.3) is 5.91 Å². The van der Waals surface area contributed by atoms with Gasteiger partial charge in [-0.2, -0.15) is 0 Å². The van der Waals surface area contributed by atoms with E-state index in [4.69, 9.17) is 9.47 Å². The Hall–Kier alpha value is -3.54. The van der Waals surface area contributed by atoms with Crippen LogP contribution in [0.2, 0.25) is 0 Å². The van der Waals surface area contributed by atoms with E-state index in [-0.39, 0.29) is 12.7 Å². The summed E-state index contributed by atoms with van der Waals surface area (Å²) in [4.78, 5) is 16.8. The number of hydrogen-bond donors (Lipinski definition) is 2. The quantitative estimate of drug-likeness (QED) is 0.634. The number of nitrogens with one attached hydrogen (secondary N) is 2. The van der Waals surface area contributed by atoms with Crippen LogP contribution in [-0.2, 0) is 6.54 Å². The molecule has 148 valence electrons. The summed E-state index contributed by atoms with van der Waals surface area (Å²) >= 11 is 0. The van der Waals surface area contributed by atoms with Crippen LogP contribution in [0, 0.1) is 0 Å². The van der Waals surface area contributed by atoms with Crippen molar-refractivity contribution in [1.29, 1.82) is 0 Å². The normalized spacial score (nSPS) is 12.1. The summed E-state index contributed by atoms with van der Waals surface area (Å²) in [6.45, 7) is 5.13. The van der Waals surface area contributed by atoms with Crippen LogP contribution in [-0.4, -0.2) is 17.7 Å². The van der Waals surface area contributed by atoms with Gasteiger partial charge in [-0.05, 0) is 53.4 Å². The molecule has 2 N–H and O–H groups in total. The van der Waals surface area contributed by atoms with Crippen LogP contribution in [0.3, 0.4) is 0 Å². The van der Waals surface area contributed by atoms with E-state index in [1.54, 1.807) is 12.3 Å². The molecule has 0 fully saturated rings. The number of aromatic nitrogens is 1. The summed E-state index contributed by atoms with van der Waals surface area (Å²) in [6.07, 6.45) is 1.62. The summed E-state index contributed by atoms with van der Waals surface area (Å²) < 4.78 is 10.7. The predicted octanol–water partition coefficient (Wildman–Crippen LogP) is 4.80. The van der Waals surface area contributed by atoms with Gasteiger partial charge in [-0.15, -0.1) is 0 Å². The van der Waals surface area contributed by atoms with Gasteiger partial charge < -0.3 is 20.1 Å². The largest absolute Gasteiger partial charge is 0.454 e. The molecule has 0 saturated heterocycles. The second kappa shape index (κ2) is 8.22. The predicted molar refractivity (Wildman–Crippen MR) is 113 cm³/mol. The first-order valence-electron chi connectivity index (χ1n) is 9.58. The second-order valence-electron chi connectivity index (χ2n) is 7.20. The molecule has 2 aromatic carbocycles. The monoisotopic (exact) mass is 389 g/mol. The lowest BCUT2D eigenvalue weighted by Gasteiger charge is -2.10. The number of fused-ring (bicyclic) bond motifs is 1. The first-order valence-corrected chi connectivity index (χ1v) is 9.58. The Morgan fingerprint density at radius 3 is 2.59 bits per heavy atom. The van der Waals surface area contributed by atoms with E-state index in [1.165, 1.54) is 5.56 Å². The maximum absolute atomic E-state index is 12.6. The van der Waals surface area contributed by atoms with Crippen LogP contribution in [0.5, 0.6) is 11.5 Å². The van der Waals surface area contributed by atoms with Crippen LogP contribution in [0.1, 0.15) is 41.4 Å². The SMILES string of the molecule is CC(C)c1ccc(NC(=O)c2cc(NCc3ccc4c(c3)OCO4)ccn2)cc1. The summed E-state index contributed by atoms with van der Waals surface area (Å²) in [5, 5.41) is 6.21. The third kappa shape index (κ3) is 4.48. The number of carbonyl (C=O) groups is 1. The van der Waals surface area contributed by atoms with Crippen molar-refractivity contribution in [2.24, 2.45) is 0 Å². The summed E-state index contributed by atoms with van der Waals surface area (Å²) in [6, 6.07) is 17.3. The zero-order valence-electron chi connectivity index (χ0n) is 16.4. The van der Waals surface area contributed by atoms with Crippen molar-refractivity contribution in [2.45, 2.75) is 26.3 Å². The highest BCUT2D eigenvalue weighted by Gasteiger charge is 2.13. The Labute approximate surface area is 169 Å². The van der Waals surface area contributed by atoms with Crippen molar-refractivity contribution in [3.05, 3.63) is 77.6 Å². The number of benzene rings is 2. The van der Waals surface area contributed by atoms with E-state index in [0.29, 0.717) is 18.2 Å². The molecule has 1 amide bonds. The molecule has 1 aliphatic rings. The van der Waals surface area contributed by atoms with E-state index in [9.17, 15) is 4.79 Å². The number of carbonyl (C=O) groups excluding carboxylic acids is 1. The average molecular weight is 389 g/mol. The van der Waals surface area contributed by atoms with Gasteiger partial charge in [0.1, 0.15) is 5.69 Å². The highest BCUT2D eigenvalue weighted by Crippen LogP contribution is 2.32. The number of rotatable bonds is 6. The van der Waals surface area contributed by atoms with Crippen LogP contribution < -0.4 is 20.1 Å². The average Bonchev–Trinajstić information content (AvgIpc) is 3.21. The van der Waals surface area contributed by atoms with Crippen molar-refractivity contribution < 1.29 is 14.3 Å². The first kappa shape index (κ1) is 18.8. The Balaban J connectivity index is 1.39. The molecule has 1 aromatic heterocycles. The minimum Gasteiger partial charge on any atom is -0.454 e. The van der Waals surface area contributed by atoms with E-state index in [0.717, 1.165) is 28.4 Å². The van der Waals surface area contributed by atoms with Crippen molar-refractivity contribution in [3.8, 4) is 11.5 Å². The standard InChI is InChI=1S/C23H23N3O3/c1-15(2)17-4-6-18(7-5-17)26-23(27)20-12-19(9-10-24-20)25-13-16-3-8-21-22(11-16)29-14-28-21/h3-12,15H,13-14H2,1-2H3,(H,24,25)(H,26,27). The Kier molecular flexibility index (Phi) is 5.33. The fraction of sp³-hybridized carbons (Fsp3) is 0.217. The van der Waals surface area contributed by atoms with Crippen LogP contribution >= 0.6 is 0 Å². The molecule has 1 aliphatic heterocycles. The molecule has 0 aliphatic carbocycles. The van der Waals surface area contributed by atoms with Crippen LogP contribution in [0.15, 0.2) is 60.8 Å². The summed E-state index contributed by atoms with van der Waals surface area (Å²) in [5.74, 6) is 1.73. The minimum atomic E-state index is -0.242. The molecule has 0 saturated carbocycles. The fourth-order valence-corrected chi connectivity index (χ4v) is 3.07. The van der Waals surface area contributed by atoms with E-state index in [1.807, 2.05) is 48.5 Å². The Bertz CT molecular complexity index is 1020. The van der Waals surface area contributed by atoms with Gasteiger partial charge in [0.15, 0.2) is 11.5 Å². The van der Waals surface area contributed by atoms with E-state index < -0.39 is 0 Å². The third-order valence-electron chi connectivity index (χ3n) is 4.76. The molecule has 2 heterocycles. The molecule has 3 aromatic rings. The number of hydrogen-bond acceptors (Lipinski definition) is 5. The number of anilines is 2. The summed E-state index contributed by atoms with van der Waals surface area (Å²) in [7, 11) is 0. The highest BCUT2D eigenvalue weighted by atomic mass is 16.7. The van der Waals surface area contributed by atoms with Crippen molar-refractivity contribution in [2.75, 3.05) is 17.4 Å². The molecule has 6 heteroatoms. The highest BCUT2D eigenvalue weighted by molar-refractivity contribution is 6.03. The molecule has 0 atom stereocenters. The number of amides is 1. The van der Waals surface area contributed by atoms with Crippen LogP contribution in [0.4, 0.5) is 11.4 Å². The molecule has 6 nitrogen and oxygen atoms in total. The lowest BCUT2D eigenvalue weighted by atomic mass is 10.0. The zero-order chi connectivity index (χ0) is 20.2.